The van der Waals surface area contributed by atoms with E-state index < -0.39 is 0 Å². The first-order chi connectivity index (χ1) is 11.2. The van der Waals surface area contributed by atoms with Crippen molar-refractivity contribution in [1.29, 1.82) is 0 Å². The van der Waals surface area contributed by atoms with Crippen molar-refractivity contribution in [2.45, 2.75) is 6.42 Å². The maximum atomic E-state index is 11.9. The molecule has 2 heterocycles. The normalized spacial score (nSPS) is 10.3. The molecule has 23 heavy (non-hydrogen) atoms. The summed E-state index contributed by atoms with van der Waals surface area (Å²) in [6.07, 6.45) is 0.332. The van der Waals surface area contributed by atoms with Crippen molar-refractivity contribution in [3.63, 3.8) is 0 Å². The van der Waals surface area contributed by atoms with Gasteiger partial charge in [0.15, 0.2) is 11.6 Å². The van der Waals surface area contributed by atoms with E-state index in [1.54, 1.807) is 29.5 Å². The van der Waals surface area contributed by atoms with E-state index >= 15 is 0 Å². The van der Waals surface area contributed by atoms with Crippen LogP contribution in [0.1, 0.15) is 4.88 Å². The van der Waals surface area contributed by atoms with Gasteiger partial charge in [-0.25, -0.2) is 0 Å². The van der Waals surface area contributed by atoms with E-state index in [-0.39, 0.29) is 5.91 Å². The number of carbonyl (C=O) groups excluding carboxylic acids is 1. The maximum absolute atomic E-state index is 11.9. The van der Waals surface area contributed by atoms with Gasteiger partial charge in [-0.15, -0.1) is 21.5 Å². The van der Waals surface area contributed by atoms with Crippen LogP contribution in [0.2, 0.25) is 5.02 Å². The SMILES string of the molecule is O=C(Cc1cccs1)Nc1ccc(Nc2ccccc2Cl)nn1. The lowest BCUT2D eigenvalue weighted by Gasteiger charge is -2.07. The number of thiophene rings is 1. The zero-order valence-electron chi connectivity index (χ0n) is 12.0. The number of aromatic nitrogens is 2. The van der Waals surface area contributed by atoms with Crippen LogP contribution >= 0.6 is 22.9 Å². The molecule has 2 N–H and O–H groups in total. The number of benzene rings is 1. The fraction of sp³-hybridized carbons (Fsp3) is 0.0625. The van der Waals surface area contributed by atoms with Crippen LogP contribution in [-0.2, 0) is 11.2 Å². The number of nitrogens with zero attached hydrogens (tertiary/aromatic N) is 2. The molecule has 0 aliphatic heterocycles. The number of carbonyl (C=O) groups is 1. The molecule has 0 spiro atoms. The Kier molecular flexibility index (Phi) is 4.85. The van der Waals surface area contributed by atoms with Crippen molar-refractivity contribution in [1.82, 2.24) is 10.2 Å². The molecular weight excluding hydrogens is 332 g/mol. The van der Waals surface area contributed by atoms with Gasteiger partial charge in [-0.1, -0.05) is 29.8 Å². The molecule has 0 fully saturated rings. The second-order valence-corrected chi connectivity index (χ2v) is 6.15. The maximum Gasteiger partial charge on any atom is 0.230 e. The Balaban J connectivity index is 1.61. The van der Waals surface area contributed by atoms with E-state index in [0.717, 1.165) is 10.6 Å². The van der Waals surface area contributed by atoms with Crippen LogP contribution in [0.5, 0.6) is 0 Å². The fourth-order valence-corrected chi connectivity index (χ4v) is 2.81. The molecule has 0 saturated heterocycles. The second kappa shape index (κ2) is 7.21. The van der Waals surface area contributed by atoms with Gasteiger partial charge >= 0.3 is 0 Å². The molecule has 0 radical (unpaired) electrons. The summed E-state index contributed by atoms with van der Waals surface area (Å²) in [5.41, 5.74) is 0.748. The minimum atomic E-state index is -0.117. The lowest BCUT2D eigenvalue weighted by atomic mass is 10.3. The number of hydrogen-bond acceptors (Lipinski definition) is 5. The molecule has 0 saturated carbocycles. The quantitative estimate of drug-likeness (QED) is 0.730. The average Bonchev–Trinajstić information content (AvgIpc) is 3.04. The van der Waals surface area contributed by atoms with Crippen molar-refractivity contribution >= 4 is 46.2 Å². The topological polar surface area (TPSA) is 66.9 Å². The first-order valence-corrected chi connectivity index (χ1v) is 8.14. The van der Waals surface area contributed by atoms with E-state index in [1.807, 2.05) is 35.7 Å². The Labute approximate surface area is 142 Å². The molecule has 116 valence electrons. The molecule has 0 unspecified atom stereocenters. The van der Waals surface area contributed by atoms with E-state index in [4.69, 9.17) is 11.6 Å². The summed E-state index contributed by atoms with van der Waals surface area (Å²) in [7, 11) is 0. The number of halogens is 1. The summed E-state index contributed by atoms with van der Waals surface area (Å²) in [4.78, 5) is 12.9. The van der Waals surface area contributed by atoms with Crippen LogP contribution in [0.4, 0.5) is 17.3 Å². The van der Waals surface area contributed by atoms with Crippen LogP contribution in [0.3, 0.4) is 0 Å². The first kappa shape index (κ1) is 15.5. The summed E-state index contributed by atoms with van der Waals surface area (Å²) in [6.45, 7) is 0. The number of nitrogens with one attached hydrogen (secondary N) is 2. The standard InChI is InChI=1S/C16H13ClN4OS/c17-12-5-1-2-6-13(12)18-14-7-8-15(21-20-14)19-16(22)10-11-4-3-9-23-11/h1-9H,10H2,(H,18,20)(H,19,21,22). The molecule has 1 aromatic carbocycles. The third kappa shape index (κ3) is 4.28. The summed E-state index contributed by atoms with van der Waals surface area (Å²) >= 11 is 7.62. The summed E-state index contributed by atoms with van der Waals surface area (Å²) in [5, 5.41) is 16.4. The van der Waals surface area contributed by atoms with E-state index in [2.05, 4.69) is 20.8 Å². The second-order valence-electron chi connectivity index (χ2n) is 4.71. The summed E-state index contributed by atoms with van der Waals surface area (Å²) in [6, 6.07) is 14.6. The molecule has 7 heteroatoms. The highest BCUT2D eigenvalue weighted by Crippen LogP contribution is 2.23. The van der Waals surface area contributed by atoms with Gasteiger partial charge in [-0.2, -0.15) is 0 Å². The fourth-order valence-electron chi connectivity index (χ4n) is 1.92. The molecule has 3 aromatic rings. The zero-order chi connectivity index (χ0) is 16.1. The van der Waals surface area contributed by atoms with Gasteiger partial charge in [0.1, 0.15) is 0 Å². The number of rotatable bonds is 5. The lowest BCUT2D eigenvalue weighted by molar-refractivity contribution is -0.115. The molecular formula is C16H13ClN4OS. The van der Waals surface area contributed by atoms with Crippen molar-refractivity contribution in [3.8, 4) is 0 Å². The van der Waals surface area contributed by atoms with Gasteiger partial charge < -0.3 is 10.6 Å². The predicted molar refractivity (Wildman–Crippen MR) is 93.4 cm³/mol. The number of anilines is 3. The molecule has 0 aliphatic rings. The summed E-state index contributed by atoms with van der Waals surface area (Å²) in [5.74, 6) is 0.846. The van der Waals surface area contributed by atoms with Gasteiger partial charge in [0.05, 0.1) is 17.1 Å². The smallest absolute Gasteiger partial charge is 0.230 e. The third-order valence-electron chi connectivity index (χ3n) is 2.98. The summed E-state index contributed by atoms with van der Waals surface area (Å²) < 4.78 is 0. The van der Waals surface area contributed by atoms with Gasteiger partial charge in [0, 0.05) is 4.88 Å². The predicted octanol–water partition coefficient (Wildman–Crippen LogP) is 4.12. The molecule has 0 aliphatic carbocycles. The first-order valence-electron chi connectivity index (χ1n) is 6.88. The largest absolute Gasteiger partial charge is 0.338 e. The molecule has 1 amide bonds. The average molecular weight is 345 g/mol. The van der Waals surface area contributed by atoms with Gasteiger partial charge in [-0.05, 0) is 35.7 Å². The van der Waals surface area contributed by atoms with Crippen LogP contribution in [0.15, 0.2) is 53.9 Å². The van der Waals surface area contributed by atoms with Crippen molar-refractivity contribution in [3.05, 3.63) is 63.8 Å². The van der Waals surface area contributed by atoms with Gasteiger partial charge in [-0.3, -0.25) is 4.79 Å². The molecule has 0 atom stereocenters. The number of amides is 1. The van der Waals surface area contributed by atoms with Crippen LogP contribution in [0, 0.1) is 0 Å². The minimum Gasteiger partial charge on any atom is -0.338 e. The van der Waals surface area contributed by atoms with Crippen molar-refractivity contribution < 1.29 is 4.79 Å². The Bertz CT molecular complexity index is 790. The van der Waals surface area contributed by atoms with Gasteiger partial charge in [0.25, 0.3) is 0 Å². The van der Waals surface area contributed by atoms with Crippen LogP contribution < -0.4 is 10.6 Å². The number of hydrogen-bond donors (Lipinski definition) is 2. The molecule has 0 bridgehead atoms. The third-order valence-corrected chi connectivity index (χ3v) is 4.19. The number of para-hydroxylation sites is 1. The Morgan fingerprint density at radius 3 is 2.52 bits per heavy atom. The molecule has 2 aromatic heterocycles. The van der Waals surface area contributed by atoms with Gasteiger partial charge in [0.2, 0.25) is 5.91 Å². The van der Waals surface area contributed by atoms with E-state index in [1.165, 1.54) is 0 Å². The van der Waals surface area contributed by atoms with Crippen molar-refractivity contribution in [2.75, 3.05) is 10.6 Å². The minimum absolute atomic E-state index is 0.117. The highest BCUT2D eigenvalue weighted by molar-refractivity contribution is 7.10. The van der Waals surface area contributed by atoms with E-state index in [0.29, 0.717) is 23.1 Å². The van der Waals surface area contributed by atoms with E-state index in [9.17, 15) is 4.79 Å². The highest BCUT2D eigenvalue weighted by Gasteiger charge is 2.07. The Morgan fingerprint density at radius 1 is 1.04 bits per heavy atom. The zero-order valence-corrected chi connectivity index (χ0v) is 13.6. The van der Waals surface area contributed by atoms with Crippen LogP contribution in [0.25, 0.3) is 0 Å². The monoisotopic (exact) mass is 344 g/mol. The van der Waals surface area contributed by atoms with Crippen molar-refractivity contribution in [2.24, 2.45) is 0 Å². The Morgan fingerprint density at radius 2 is 1.83 bits per heavy atom. The Hall–Kier alpha value is -2.44. The lowest BCUT2D eigenvalue weighted by Crippen LogP contribution is -2.15. The highest BCUT2D eigenvalue weighted by atomic mass is 35.5. The molecule has 5 nitrogen and oxygen atoms in total. The van der Waals surface area contributed by atoms with Crippen LogP contribution in [-0.4, -0.2) is 16.1 Å². The molecule has 3 rings (SSSR count).